The fourth-order valence-corrected chi connectivity index (χ4v) is 9.32. The van der Waals surface area contributed by atoms with E-state index in [1.165, 1.54) is 11.3 Å². The van der Waals surface area contributed by atoms with E-state index in [1.54, 1.807) is 0 Å². The van der Waals surface area contributed by atoms with Crippen molar-refractivity contribution in [2.75, 3.05) is 6.54 Å². The smallest absolute Gasteiger partial charge is 0.308 e. The lowest BCUT2D eigenvalue weighted by atomic mass is 9.26. The highest BCUT2D eigenvalue weighted by Gasteiger charge is 2.84. The third-order valence-corrected chi connectivity index (χ3v) is 10.8. The molecule has 1 N–H and O–H groups in total. The summed E-state index contributed by atoms with van der Waals surface area (Å²) in [5.74, 6) is 0.943. The number of hydrogen-bond donors (Lipinski definition) is 1. The SMILES string of the molecule is C=C1CC23C(OC(=O)C(C)CC)CC45C6=NCC4(C)CCCC5(O)C2CC1CC63. The van der Waals surface area contributed by atoms with Gasteiger partial charge in [-0.15, -0.1) is 0 Å². The lowest BCUT2D eigenvalue weighted by molar-refractivity contribution is -0.308. The van der Waals surface area contributed by atoms with Crippen LogP contribution in [-0.4, -0.2) is 35.0 Å². The van der Waals surface area contributed by atoms with Crippen LogP contribution in [0.4, 0.5) is 0 Å². The molecule has 0 aromatic carbocycles. The van der Waals surface area contributed by atoms with Gasteiger partial charge in [0.1, 0.15) is 6.10 Å². The van der Waals surface area contributed by atoms with Crippen molar-refractivity contribution in [3.63, 3.8) is 0 Å². The van der Waals surface area contributed by atoms with E-state index in [-0.39, 0.29) is 40.2 Å². The molecule has 29 heavy (non-hydrogen) atoms. The van der Waals surface area contributed by atoms with Crippen molar-refractivity contribution >= 4 is 11.7 Å². The number of nitrogens with zero attached hydrogens (tertiary/aromatic N) is 1. The quantitative estimate of drug-likeness (QED) is 0.570. The summed E-state index contributed by atoms with van der Waals surface area (Å²) in [4.78, 5) is 18.2. The Labute approximate surface area is 174 Å². The number of aliphatic imine (C=N–C) groups is 1. The lowest BCUT2D eigenvalue weighted by Crippen LogP contribution is -2.83. The molecule has 0 amide bonds. The van der Waals surface area contributed by atoms with Crippen LogP contribution in [0.15, 0.2) is 17.1 Å². The molecule has 7 fully saturated rings. The maximum Gasteiger partial charge on any atom is 0.308 e. The Hall–Kier alpha value is -1.16. The largest absolute Gasteiger partial charge is 0.461 e. The summed E-state index contributed by atoms with van der Waals surface area (Å²) in [6.07, 6.45) is 7.58. The zero-order chi connectivity index (χ0) is 20.4. The summed E-state index contributed by atoms with van der Waals surface area (Å²) < 4.78 is 6.39. The third-order valence-electron chi connectivity index (χ3n) is 10.8. The van der Waals surface area contributed by atoms with Crippen LogP contribution in [0.3, 0.4) is 0 Å². The molecule has 2 spiro atoms. The zero-order valence-corrected chi connectivity index (χ0v) is 18.2. The first-order valence-electron chi connectivity index (χ1n) is 11.9. The molecular weight excluding hydrogens is 362 g/mol. The monoisotopic (exact) mass is 397 g/mol. The summed E-state index contributed by atoms with van der Waals surface area (Å²) in [7, 11) is 0. The highest BCUT2D eigenvalue weighted by molar-refractivity contribution is 5.99. The fourth-order valence-electron chi connectivity index (χ4n) is 9.32. The van der Waals surface area contributed by atoms with E-state index in [9.17, 15) is 9.90 Å². The number of carbonyl (C=O) groups is 1. The van der Waals surface area contributed by atoms with Crippen LogP contribution in [0.2, 0.25) is 0 Å². The molecule has 7 aliphatic carbocycles. The van der Waals surface area contributed by atoms with Gasteiger partial charge < -0.3 is 9.84 Å². The molecule has 7 saturated carbocycles. The number of esters is 1. The van der Waals surface area contributed by atoms with Gasteiger partial charge in [0.15, 0.2) is 0 Å². The highest BCUT2D eigenvalue weighted by Crippen LogP contribution is 2.81. The van der Waals surface area contributed by atoms with E-state index in [0.717, 1.165) is 57.9 Å². The number of carbonyl (C=O) groups excluding carboxylic acids is 1. The zero-order valence-electron chi connectivity index (χ0n) is 18.2. The maximum atomic E-state index is 12.9. The first kappa shape index (κ1) is 18.6. The van der Waals surface area contributed by atoms with Crippen molar-refractivity contribution in [1.29, 1.82) is 0 Å². The summed E-state index contributed by atoms with van der Waals surface area (Å²) >= 11 is 0. The lowest BCUT2D eigenvalue weighted by Gasteiger charge is -2.78. The molecule has 158 valence electrons. The predicted molar refractivity (Wildman–Crippen MR) is 111 cm³/mol. The van der Waals surface area contributed by atoms with Crippen molar-refractivity contribution < 1.29 is 14.6 Å². The van der Waals surface area contributed by atoms with E-state index in [1.807, 2.05) is 13.8 Å². The number of allylic oxidation sites excluding steroid dienone is 1. The Balaban J connectivity index is 1.54. The molecule has 0 aromatic rings. The summed E-state index contributed by atoms with van der Waals surface area (Å²) in [5, 5.41) is 12.5. The standard InChI is InChI=1S/C25H35NO3/c1-5-14(2)21(27)29-19-12-24-20-17-9-16-10-18(23(17,19)11-15(16)3)25(24,28)8-6-7-22(24,4)13-26-20/h14,16-19,28H,3,5-13H2,1-2,4H3. The van der Waals surface area contributed by atoms with Gasteiger partial charge in [-0.3, -0.25) is 9.79 Å². The fraction of sp³-hybridized carbons (Fsp3) is 0.840. The normalized spacial score (nSPS) is 54.8. The van der Waals surface area contributed by atoms with E-state index < -0.39 is 5.60 Å². The second kappa shape index (κ2) is 5.36. The Morgan fingerprint density at radius 1 is 1.38 bits per heavy atom. The van der Waals surface area contributed by atoms with E-state index in [4.69, 9.17) is 9.73 Å². The van der Waals surface area contributed by atoms with Crippen LogP contribution in [0.5, 0.6) is 0 Å². The van der Waals surface area contributed by atoms with Crippen LogP contribution in [0, 0.1) is 39.9 Å². The van der Waals surface area contributed by atoms with Crippen molar-refractivity contribution in [3.05, 3.63) is 12.2 Å². The van der Waals surface area contributed by atoms with Gasteiger partial charge in [-0.1, -0.05) is 32.9 Å². The second-order valence-corrected chi connectivity index (χ2v) is 11.6. The van der Waals surface area contributed by atoms with Crippen molar-refractivity contribution in [3.8, 4) is 0 Å². The second-order valence-electron chi connectivity index (χ2n) is 11.6. The van der Waals surface area contributed by atoms with Crippen LogP contribution in [0.1, 0.15) is 72.1 Å². The highest BCUT2D eigenvalue weighted by atomic mass is 16.5. The Kier molecular flexibility index (Phi) is 3.44. The van der Waals surface area contributed by atoms with Gasteiger partial charge in [0, 0.05) is 34.4 Å². The third kappa shape index (κ3) is 1.77. The van der Waals surface area contributed by atoms with E-state index in [2.05, 4.69) is 13.5 Å². The molecule has 1 aliphatic heterocycles. The van der Waals surface area contributed by atoms with E-state index >= 15 is 0 Å². The Bertz CT molecular complexity index is 849. The minimum Gasteiger partial charge on any atom is -0.461 e. The van der Waals surface area contributed by atoms with Crippen molar-refractivity contribution in [2.24, 2.45) is 44.9 Å². The summed E-state index contributed by atoms with van der Waals surface area (Å²) in [6.45, 7) is 11.7. The van der Waals surface area contributed by atoms with Gasteiger partial charge in [-0.05, 0) is 63.2 Å². The van der Waals surface area contributed by atoms with Gasteiger partial charge in [-0.25, -0.2) is 0 Å². The van der Waals surface area contributed by atoms with Gasteiger partial charge in [0.2, 0.25) is 0 Å². The van der Waals surface area contributed by atoms with Crippen molar-refractivity contribution in [2.45, 2.75) is 83.8 Å². The molecule has 9 unspecified atom stereocenters. The van der Waals surface area contributed by atoms with Gasteiger partial charge in [0.05, 0.1) is 11.5 Å². The number of ether oxygens (including phenoxy) is 1. The first-order chi connectivity index (χ1) is 13.7. The van der Waals surface area contributed by atoms with Gasteiger partial charge >= 0.3 is 5.97 Å². The predicted octanol–water partition coefficient (Wildman–Crippen LogP) is 4.31. The molecule has 8 aliphatic rings. The Morgan fingerprint density at radius 2 is 2.17 bits per heavy atom. The van der Waals surface area contributed by atoms with Crippen molar-refractivity contribution in [1.82, 2.24) is 0 Å². The maximum absolute atomic E-state index is 12.9. The number of rotatable bonds is 3. The first-order valence-corrected chi connectivity index (χ1v) is 11.9. The Morgan fingerprint density at radius 3 is 2.93 bits per heavy atom. The van der Waals surface area contributed by atoms with Crippen LogP contribution < -0.4 is 0 Å². The molecule has 5 bridgehead atoms. The molecule has 0 aromatic heterocycles. The van der Waals surface area contributed by atoms with E-state index in [0.29, 0.717) is 11.8 Å². The van der Waals surface area contributed by atoms with Crippen LogP contribution in [0.25, 0.3) is 0 Å². The molecule has 9 atom stereocenters. The molecule has 0 saturated heterocycles. The molecule has 0 radical (unpaired) electrons. The average Bonchev–Trinajstić information content (AvgIpc) is 3.00. The molecular formula is C25H35NO3. The average molecular weight is 398 g/mol. The molecule has 1 heterocycles. The molecule has 8 rings (SSSR count). The summed E-state index contributed by atoms with van der Waals surface area (Å²) in [5.41, 5.74) is 1.46. The molecule has 4 heteroatoms. The molecule has 4 nitrogen and oxygen atoms in total. The van der Waals surface area contributed by atoms with Crippen LogP contribution >= 0.6 is 0 Å². The topological polar surface area (TPSA) is 58.9 Å². The number of fused-ring (bicyclic) bond motifs is 2. The van der Waals surface area contributed by atoms with Crippen LogP contribution in [-0.2, 0) is 9.53 Å². The number of aliphatic hydroxyl groups is 1. The minimum absolute atomic E-state index is 0.00247. The number of hydrogen-bond acceptors (Lipinski definition) is 4. The van der Waals surface area contributed by atoms with Gasteiger partial charge in [-0.2, -0.15) is 0 Å². The summed E-state index contributed by atoms with van der Waals surface area (Å²) in [6, 6.07) is 0. The minimum atomic E-state index is -0.690. The van der Waals surface area contributed by atoms with Gasteiger partial charge in [0.25, 0.3) is 0 Å².